The fourth-order valence-electron chi connectivity index (χ4n) is 3.53. The maximum atomic E-state index is 12.9. The lowest BCUT2D eigenvalue weighted by atomic mass is 9.95. The number of halogens is 2. The molecule has 2 heterocycles. The number of methoxy groups -OCH3 is 1. The van der Waals surface area contributed by atoms with Gasteiger partial charge in [0.15, 0.2) is 11.5 Å². The van der Waals surface area contributed by atoms with Gasteiger partial charge in [-0.3, -0.25) is 9.59 Å². The van der Waals surface area contributed by atoms with E-state index in [2.05, 4.69) is 0 Å². The van der Waals surface area contributed by atoms with E-state index in [1.54, 1.807) is 36.4 Å². The topological polar surface area (TPSA) is 85.3 Å². The third kappa shape index (κ3) is 3.49. The molecule has 7 nitrogen and oxygen atoms in total. The van der Waals surface area contributed by atoms with Crippen LogP contribution in [-0.2, 0) is 14.3 Å². The van der Waals surface area contributed by atoms with Crippen LogP contribution >= 0.6 is 23.2 Å². The SMILES string of the molecule is COCCN1C(=O)C(=O)/C(=C(\O)c2ccc3c(c2)OCO3)C1c1ccc(Cl)c(Cl)c1. The maximum Gasteiger partial charge on any atom is 0.295 e. The van der Waals surface area contributed by atoms with Gasteiger partial charge >= 0.3 is 0 Å². The molecule has 4 rings (SSSR count). The molecule has 0 spiro atoms. The van der Waals surface area contributed by atoms with Gasteiger partial charge in [0.25, 0.3) is 11.7 Å². The van der Waals surface area contributed by atoms with E-state index in [1.807, 2.05) is 0 Å². The number of hydrogen-bond donors (Lipinski definition) is 1. The second kappa shape index (κ2) is 8.18. The molecule has 1 saturated heterocycles. The molecule has 1 fully saturated rings. The summed E-state index contributed by atoms with van der Waals surface area (Å²) in [5.41, 5.74) is 0.824. The number of likely N-dealkylation sites (tertiary alicyclic amines) is 1. The van der Waals surface area contributed by atoms with Gasteiger partial charge in [0.1, 0.15) is 5.76 Å². The highest BCUT2D eigenvalue weighted by atomic mass is 35.5. The molecule has 9 heteroatoms. The van der Waals surface area contributed by atoms with Crippen LogP contribution in [0.5, 0.6) is 11.5 Å². The van der Waals surface area contributed by atoms with Crippen LogP contribution in [0.2, 0.25) is 10.0 Å². The van der Waals surface area contributed by atoms with Crippen molar-refractivity contribution in [3.05, 3.63) is 63.1 Å². The first-order valence-corrected chi connectivity index (χ1v) is 9.80. The van der Waals surface area contributed by atoms with Gasteiger partial charge in [-0.1, -0.05) is 29.3 Å². The molecule has 30 heavy (non-hydrogen) atoms. The van der Waals surface area contributed by atoms with Gasteiger partial charge in [-0.25, -0.2) is 0 Å². The molecule has 1 atom stereocenters. The zero-order valence-electron chi connectivity index (χ0n) is 15.9. The van der Waals surface area contributed by atoms with Crippen LogP contribution in [0.4, 0.5) is 0 Å². The molecular formula is C21H17Cl2NO6. The lowest BCUT2D eigenvalue weighted by Gasteiger charge is -2.25. The van der Waals surface area contributed by atoms with Gasteiger partial charge < -0.3 is 24.2 Å². The lowest BCUT2D eigenvalue weighted by molar-refractivity contribution is -0.140. The van der Waals surface area contributed by atoms with Crippen LogP contribution in [0.1, 0.15) is 17.2 Å². The number of carbonyl (C=O) groups excluding carboxylic acids is 2. The van der Waals surface area contributed by atoms with Crippen LogP contribution in [0.15, 0.2) is 42.0 Å². The summed E-state index contributed by atoms with van der Waals surface area (Å²) in [4.78, 5) is 27.0. The van der Waals surface area contributed by atoms with Crippen LogP contribution in [0, 0.1) is 0 Å². The fourth-order valence-corrected chi connectivity index (χ4v) is 3.84. The van der Waals surface area contributed by atoms with E-state index in [0.717, 1.165) is 0 Å². The second-order valence-electron chi connectivity index (χ2n) is 6.73. The summed E-state index contributed by atoms with van der Waals surface area (Å²) >= 11 is 12.2. The van der Waals surface area contributed by atoms with Gasteiger partial charge in [-0.2, -0.15) is 0 Å². The molecule has 2 aromatic rings. The largest absolute Gasteiger partial charge is 0.507 e. The average molecular weight is 450 g/mol. The van der Waals surface area contributed by atoms with Crippen molar-refractivity contribution in [1.82, 2.24) is 4.90 Å². The molecule has 0 aromatic heterocycles. The summed E-state index contributed by atoms with van der Waals surface area (Å²) in [6.45, 7) is 0.447. The van der Waals surface area contributed by atoms with Gasteiger partial charge in [-0.15, -0.1) is 0 Å². The lowest BCUT2D eigenvalue weighted by Crippen LogP contribution is -2.32. The molecular weight excluding hydrogens is 433 g/mol. The molecule has 2 aliphatic heterocycles. The van der Waals surface area contributed by atoms with Gasteiger partial charge in [0, 0.05) is 19.2 Å². The fraction of sp³-hybridized carbons (Fsp3) is 0.238. The maximum absolute atomic E-state index is 12.9. The van der Waals surface area contributed by atoms with Crippen LogP contribution < -0.4 is 9.47 Å². The third-order valence-electron chi connectivity index (χ3n) is 4.98. The Bertz CT molecular complexity index is 1070. The summed E-state index contributed by atoms with van der Waals surface area (Å²) in [6.07, 6.45) is 0. The minimum absolute atomic E-state index is 0.0478. The first-order valence-electron chi connectivity index (χ1n) is 9.04. The zero-order chi connectivity index (χ0) is 21.4. The van der Waals surface area contributed by atoms with E-state index < -0.39 is 17.7 Å². The predicted molar refractivity (Wildman–Crippen MR) is 110 cm³/mol. The highest BCUT2D eigenvalue weighted by molar-refractivity contribution is 6.46. The number of carbonyl (C=O) groups is 2. The molecule has 1 unspecified atom stereocenters. The monoisotopic (exact) mass is 449 g/mol. The highest BCUT2D eigenvalue weighted by Gasteiger charge is 2.46. The molecule has 0 aliphatic carbocycles. The van der Waals surface area contributed by atoms with Crippen molar-refractivity contribution >= 4 is 40.7 Å². The molecule has 2 aromatic carbocycles. The third-order valence-corrected chi connectivity index (χ3v) is 5.72. The number of aliphatic hydroxyl groups excluding tert-OH is 1. The number of fused-ring (bicyclic) bond motifs is 1. The Morgan fingerprint density at radius 2 is 1.90 bits per heavy atom. The molecule has 156 valence electrons. The van der Waals surface area contributed by atoms with Crippen molar-refractivity contribution in [3.63, 3.8) is 0 Å². The van der Waals surface area contributed by atoms with Gasteiger partial charge in [0.05, 0.1) is 28.3 Å². The summed E-state index contributed by atoms with van der Waals surface area (Å²) < 4.78 is 15.7. The number of aliphatic hydroxyl groups is 1. The van der Waals surface area contributed by atoms with Crippen molar-refractivity contribution in [2.45, 2.75) is 6.04 Å². The Kier molecular flexibility index (Phi) is 5.60. The summed E-state index contributed by atoms with van der Waals surface area (Å²) in [7, 11) is 1.50. The molecule has 1 amide bonds. The van der Waals surface area contributed by atoms with E-state index in [1.165, 1.54) is 12.0 Å². The number of nitrogens with zero attached hydrogens (tertiary/aromatic N) is 1. The quantitative estimate of drug-likeness (QED) is 0.424. The first-order chi connectivity index (χ1) is 14.4. The smallest absolute Gasteiger partial charge is 0.295 e. The average Bonchev–Trinajstić information content (AvgIpc) is 3.30. The molecule has 1 N–H and O–H groups in total. The Morgan fingerprint density at radius 3 is 2.63 bits per heavy atom. The second-order valence-corrected chi connectivity index (χ2v) is 7.54. The summed E-state index contributed by atoms with van der Waals surface area (Å²) in [6, 6.07) is 8.76. The van der Waals surface area contributed by atoms with Gasteiger partial charge in [-0.05, 0) is 35.9 Å². The highest BCUT2D eigenvalue weighted by Crippen LogP contribution is 2.42. The Hall–Kier alpha value is -2.74. The predicted octanol–water partition coefficient (Wildman–Crippen LogP) is 3.79. The van der Waals surface area contributed by atoms with Crippen molar-refractivity contribution in [2.75, 3.05) is 27.1 Å². The number of Topliss-reactive ketones (excluding diaryl/α,β-unsaturated/α-hetero) is 1. The number of hydrogen-bond acceptors (Lipinski definition) is 6. The zero-order valence-corrected chi connectivity index (χ0v) is 17.4. The minimum atomic E-state index is -0.847. The number of ketones is 1. The molecule has 0 radical (unpaired) electrons. The number of amides is 1. The Labute approximate surface area is 182 Å². The standard InChI is InChI=1S/C21H17Cl2NO6/c1-28-7-6-24-18(11-2-4-13(22)14(23)8-11)17(20(26)21(24)27)19(25)12-3-5-15-16(9-12)30-10-29-15/h2-5,8-9,18,25H,6-7,10H2,1H3/b19-17-. The number of benzene rings is 2. The number of rotatable bonds is 5. The van der Waals surface area contributed by atoms with E-state index in [9.17, 15) is 14.7 Å². The Balaban J connectivity index is 1.86. The summed E-state index contributed by atoms with van der Waals surface area (Å²) in [5.74, 6) is -0.864. The normalized spacial score (nSPS) is 19.6. The van der Waals surface area contributed by atoms with Crippen molar-refractivity contribution in [2.24, 2.45) is 0 Å². The molecule has 0 bridgehead atoms. The van der Waals surface area contributed by atoms with E-state index in [-0.39, 0.29) is 36.3 Å². The van der Waals surface area contributed by atoms with E-state index >= 15 is 0 Å². The first kappa shape index (κ1) is 20.5. The van der Waals surface area contributed by atoms with Crippen molar-refractivity contribution in [1.29, 1.82) is 0 Å². The van der Waals surface area contributed by atoms with Crippen LogP contribution in [0.3, 0.4) is 0 Å². The summed E-state index contributed by atoms with van der Waals surface area (Å²) in [5, 5.41) is 11.6. The van der Waals surface area contributed by atoms with Crippen LogP contribution in [-0.4, -0.2) is 48.8 Å². The van der Waals surface area contributed by atoms with Crippen molar-refractivity contribution in [3.8, 4) is 11.5 Å². The van der Waals surface area contributed by atoms with Crippen LogP contribution in [0.25, 0.3) is 5.76 Å². The minimum Gasteiger partial charge on any atom is -0.507 e. The van der Waals surface area contributed by atoms with E-state index in [4.69, 9.17) is 37.4 Å². The molecule has 0 saturated carbocycles. The number of ether oxygens (including phenoxy) is 3. The van der Waals surface area contributed by atoms with Crippen molar-refractivity contribution < 1.29 is 28.9 Å². The van der Waals surface area contributed by atoms with E-state index in [0.29, 0.717) is 27.6 Å². The molecule has 2 aliphatic rings. The Morgan fingerprint density at radius 1 is 1.13 bits per heavy atom. The van der Waals surface area contributed by atoms with Gasteiger partial charge in [0.2, 0.25) is 6.79 Å².